The fraction of sp³-hybridized carbons (Fsp3) is 0.261. The second kappa shape index (κ2) is 8.22. The van der Waals surface area contributed by atoms with Crippen LogP contribution >= 0.6 is 0 Å². The number of aromatic nitrogens is 4. The molecule has 31 heavy (non-hydrogen) atoms. The summed E-state index contributed by atoms with van der Waals surface area (Å²) in [6.07, 6.45) is 1.51. The minimum Gasteiger partial charge on any atom is -0.497 e. The summed E-state index contributed by atoms with van der Waals surface area (Å²) >= 11 is 0. The topological polar surface area (TPSA) is 71.1 Å². The van der Waals surface area contributed by atoms with E-state index < -0.39 is 11.2 Å². The van der Waals surface area contributed by atoms with E-state index in [9.17, 15) is 14.0 Å². The Labute approximate surface area is 178 Å². The van der Waals surface area contributed by atoms with E-state index in [-0.39, 0.29) is 36.0 Å². The van der Waals surface area contributed by atoms with Gasteiger partial charge in [-0.15, -0.1) is 0 Å². The maximum atomic E-state index is 13.7. The van der Waals surface area contributed by atoms with Gasteiger partial charge in [-0.3, -0.25) is 9.36 Å². The molecule has 0 N–H and O–H groups in total. The Morgan fingerprint density at radius 3 is 2.58 bits per heavy atom. The van der Waals surface area contributed by atoms with E-state index in [1.54, 1.807) is 48.1 Å². The molecule has 2 heterocycles. The molecule has 8 heteroatoms. The first-order valence-corrected chi connectivity index (χ1v) is 9.98. The van der Waals surface area contributed by atoms with Gasteiger partial charge in [-0.25, -0.2) is 18.7 Å². The Morgan fingerprint density at radius 1 is 1.10 bits per heavy atom. The minimum absolute atomic E-state index is 0.0844. The molecule has 0 aliphatic carbocycles. The zero-order chi connectivity index (χ0) is 22.1. The quantitative estimate of drug-likeness (QED) is 0.478. The van der Waals surface area contributed by atoms with E-state index in [0.717, 1.165) is 0 Å². The van der Waals surface area contributed by atoms with Crippen LogP contribution in [0.15, 0.2) is 64.4 Å². The van der Waals surface area contributed by atoms with Crippen LogP contribution in [0, 0.1) is 11.7 Å². The lowest BCUT2D eigenvalue weighted by molar-refractivity contribution is 0.414. The lowest BCUT2D eigenvalue weighted by Gasteiger charge is -2.14. The number of hydrogen-bond acceptors (Lipinski definition) is 4. The molecule has 0 saturated carbocycles. The molecule has 7 nitrogen and oxygen atoms in total. The number of rotatable bonds is 6. The molecule has 0 aliphatic heterocycles. The van der Waals surface area contributed by atoms with Gasteiger partial charge in [0, 0.05) is 19.2 Å². The first-order valence-electron chi connectivity index (χ1n) is 9.98. The van der Waals surface area contributed by atoms with Gasteiger partial charge >= 0.3 is 5.69 Å². The van der Waals surface area contributed by atoms with Crippen LogP contribution in [0.2, 0.25) is 0 Å². The molecule has 0 bridgehead atoms. The van der Waals surface area contributed by atoms with Gasteiger partial charge in [-0.05, 0) is 35.7 Å². The Balaban J connectivity index is 2.00. The fourth-order valence-corrected chi connectivity index (χ4v) is 3.64. The van der Waals surface area contributed by atoms with Crippen molar-refractivity contribution in [2.24, 2.45) is 5.92 Å². The van der Waals surface area contributed by atoms with Crippen molar-refractivity contribution >= 4 is 11.2 Å². The van der Waals surface area contributed by atoms with Gasteiger partial charge in [0.05, 0.1) is 19.1 Å². The molecule has 0 aliphatic rings. The minimum atomic E-state index is -0.463. The van der Waals surface area contributed by atoms with E-state index in [0.29, 0.717) is 17.0 Å². The number of nitrogens with zero attached hydrogens (tertiary/aromatic N) is 4. The summed E-state index contributed by atoms with van der Waals surface area (Å²) < 4.78 is 23.3. The fourth-order valence-electron chi connectivity index (χ4n) is 3.64. The standard InChI is InChI=1S/C23H23FN4O3/c1-15(2)12-27-22(29)20-21(25-14-26(20)13-16-6-4-7-17(24)10-16)28(23(27)30)18-8-5-9-19(11-18)31-3/h4-11,14-15H,12-13H2,1-3H3. The van der Waals surface area contributed by atoms with Crippen molar-refractivity contribution in [2.45, 2.75) is 26.9 Å². The van der Waals surface area contributed by atoms with E-state index in [1.807, 2.05) is 13.8 Å². The molecular formula is C23H23FN4O3. The maximum Gasteiger partial charge on any atom is 0.337 e. The lowest BCUT2D eigenvalue weighted by Crippen LogP contribution is -2.41. The maximum absolute atomic E-state index is 13.7. The average molecular weight is 422 g/mol. The van der Waals surface area contributed by atoms with Crippen LogP contribution in [-0.2, 0) is 13.1 Å². The highest BCUT2D eigenvalue weighted by Crippen LogP contribution is 2.19. The van der Waals surface area contributed by atoms with Gasteiger partial charge in [-0.2, -0.15) is 0 Å². The largest absolute Gasteiger partial charge is 0.497 e. The highest BCUT2D eigenvalue weighted by Gasteiger charge is 2.20. The van der Waals surface area contributed by atoms with Crippen LogP contribution in [0.25, 0.3) is 16.9 Å². The number of benzene rings is 2. The normalized spacial score (nSPS) is 11.4. The van der Waals surface area contributed by atoms with Crippen molar-refractivity contribution in [2.75, 3.05) is 7.11 Å². The SMILES string of the molecule is COc1cccc(-n2c(=O)n(CC(C)C)c(=O)c3c2ncn3Cc2cccc(F)c2)c1. The zero-order valence-corrected chi connectivity index (χ0v) is 17.6. The van der Waals surface area contributed by atoms with Crippen LogP contribution in [0.5, 0.6) is 5.75 Å². The van der Waals surface area contributed by atoms with E-state index >= 15 is 0 Å². The summed E-state index contributed by atoms with van der Waals surface area (Å²) in [7, 11) is 1.55. The molecule has 0 radical (unpaired) electrons. The third-order valence-corrected chi connectivity index (χ3v) is 5.00. The molecule has 2 aromatic carbocycles. The summed E-state index contributed by atoms with van der Waals surface area (Å²) in [5.41, 5.74) is 0.889. The van der Waals surface area contributed by atoms with Crippen LogP contribution in [-0.4, -0.2) is 25.8 Å². The summed E-state index contributed by atoms with van der Waals surface area (Å²) in [5.74, 6) is 0.312. The van der Waals surface area contributed by atoms with E-state index in [1.165, 1.54) is 27.6 Å². The monoisotopic (exact) mass is 422 g/mol. The molecule has 0 saturated heterocycles. The van der Waals surface area contributed by atoms with Crippen molar-refractivity contribution in [3.05, 3.63) is 87.1 Å². The second-order valence-electron chi connectivity index (χ2n) is 7.80. The predicted molar refractivity (Wildman–Crippen MR) is 116 cm³/mol. The van der Waals surface area contributed by atoms with Gasteiger partial charge in [-0.1, -0.05) is 32.0 Å². The smallest absolute Gasteiger partial charge is 0.337 e. The third-order valence-electron chi connectivity index (χ3n) is 5.00. The Hall–Kier alpha value is -3.68. The number of fused-ring (bicyclic) bond motifs is 1. The number of halogens is 1. The lowest BCUT2D eigenvalue weighted by atomic mass is 10.2. The van der Waals surface area contributed by atoms with Gasteiger partial charge in [0.1, 0.15) is 11.6 Å². The molecule has 0 amide bonds. The molecule has 0 atom stereocenters. The second-order valence-corrected chi connectivity index (χ2v) is 7.80. The highest BCUT2D eigenvalue weighted by molar-refractivity contribution is 5.72. The number of imidazole rings is 1. The molecule has 4 aromatic rings. The number of hydrogen-bond donors (Lipinski definition) is 0. The van der Waals surface area contributed by atoms with Crippen LogP contribution in [0.3, 0.4) is 0 Å². The van der Waals surface area contributed by atoms with Crippen LogP contribution in [0.1, 0.15) is 19.4 Å². The van der Waals surface area contributed by atoms with Crippen molar-refractivity contribution in [3.8, 4) is 11.4 Å². The van der Waals surface area contributed by atoms with Gasteiger partial charge < -0.3 is 9.30 Å². The van der Waals surface area contributed by atoms with Crippen LogP contribution in [0.4, 0.5) is 4.39 Å². The van der Waals surface area contributed by atoms with Crippen LogP contribution < -0.4 is 16.0 Å². The molecule has 160 valence electrons. The first-order chi connectivity index (χ1) is 14.9. The van der Waals surface area contributed by atoms with Crippen molar-refractivity contribution in [1.29, 1.82) is 0 Å². The molecule has 0 fully saturated rings. The Bertz CT molecular complexity index is 1370. The summed E-state index contributed by atoms with van der Waals surface area (Å²) in [4.78, 5) is 31.0. The van der Waals surface area contributed by atoms with E-state index in [2.05, 4.69) is 4.98 Å². The zero-order valence-electron chi connectivity index (χ0n) is 17.6. The average Bonchev–Trinajstić information content (AvgIpc) is 3.14. The summed E-state index contributed by atoms with van der Waals surface area (Å²) in [5, 5.41) is 0. The number of methoxy groups -OCH3 is 1. The van der Waals surface area contributed by atoms with Gasteiger partial charge in [0.15, 0.2) is 11.2 Å². The first kappa shape index (κ1) is 20.6. The van der Waals surface area contributed by atoms with Gasteiger partial charge in [0.2, 0.25) is 0 Å². The van der Waals surface area contributed by atoms with Crippen molar-refractivity contribution < 1.29 is 9.13 Å². The van der Waals surface area contributed by atoms with Crippen molar-refractivity contribution in [3.63, 3.8) is 0 Å². The summed E-state index contributed by atoms with van der Waals surface area (Å²) in [6, 6.07) is 13.2. The summed E-state index contributed by atoms with van der Waals surface area (Å²) in [6.45, 7) is 4.40. The highest BCUT2D eigenvalue weighted by atomic mass is 19.1. The Kier molecular flexibility index (Phi) is 5.46. The van der Waals surface area contributed by atoms with Crippen molar-refractivity contribution in [1.82, 2.24) is 18.7 Å². The van der Waals surface area contributed by atoms with Gasteiger partial charge in [0.25, 0.3) is 5.56 Å². The molecule has 0 spiro atoms. The molecule has 4 rings (SSSR count). The molecule has 0 unspecified atom stereocenters. The molecular weight excluding hydrogens is 399 g/mol. The Morgan fingerprint density at radius 2 is 1.87 bits per heavy atom. The predicted octanol–water partition coefficient (Wildman–Crippen LogP) is 3.20. The number of ether oxygens (including phenoxy) is 1. The van der Waals surface area contributed by atoms with E-state index in [4.69, 9.17) is 4.74 Å². The third kappa shape index (κ3) is 3.88. The molecule has 2 aromatic heterocycles.